The fourth-order valence-corrected chi connectivity index (χ4v) is 4.33. The Balaban J connectivity index is 1.85. The number of pyridine rings is 1. The summed E-state index contributed by atoms with van der Waals surface area (Å²) in [7, 11) is 0. The number of ether oxygens (including phenoxy) is 2. The largest absolute Gasteiger partial charge is 0.456 e. The van der Waals surface area contributed by atoms with Gasteiger partial charge in [-0.15, -0.1) is 4.91 Å². The maximum absolute atomic E-state index is 12.3. The van der Waals surface area contributed by atoms with Crippen LogP contribution in [0.25, 0.3) is 0 Å². The number of esters is 1. The highest BCUT2D eigenvalue weighted by atomic mass is 16.6. The molecule has 0 saturated carbocycles. The molecule has 1 fully saturated rings. The van der Waals surface area contributed by atoms with E-state index in [9.17, 15) is 14.5 Å². The third-order valence-corrected chi connectivity index (χ3v) is 5.23. The van der Waals surface area contributed by atoms with E-state index in [1.165, 1.54) is 13.1 Å². The topological polar surface area (TPSA) is 110 Å². The van der Waals surface area contributed by atoms with Crippen LogP contribution in [0.3, 0.4) is 0 Å². The van der Waals surface area contributed by atoms with E-state index in [1.54, 1.807) is 0 Å². The number of hydrogen-bond acceptors (Lipinski definition) is 8. The lowest BCUT2D eigenvalue weighted by molar-refractivity contribution is -0.146. The molecule has 1 N–H and O–H groups in total. The van der Waals surface area contributed by atoms with Gasteiger partial charge in [0.25, 0.3) is 0 Å². The number of nitrogens with zero attached hydrogens (tertiary/aromatic N) is 3. The third-order valence-electron chi connectivity index (χ3n) is 5.23. The van der Waals surface area contributed by atoms with Crippen molar-refractivity contribution >= 4 is 23.4 Å². The van der Waals surface area contributed by atoms with E-state index in [1.807, 2.05) is 20.8 Å². The number of hydrogen-bond donors (Lipinski definition) is 1. The van der Waals surface area contributed by atoms with Crippen LogP contribution in [-0.2, 0) is 20.7 Å². The molecule has 0 spiro atoms. The minimum absolute atomic E-state index is 0.127. The second-order valence-corrected chi connectivity index (χ2v) is 9.17. The number of piperidine rings is 1. The van der Waals surface area contributed by atoms with Gasteiger partial charge in [-0.2, -0.15) is 0 Å². The SMILES string of the molecule is CC(=O)OC1CCc2c1ncc(N=O)c2N1C[C@H](C)C[C@H](NC(=O)OC(C)(C)C)C1. The summed E-state index contributed by atoms with van der Waals surface area (Å²) in [5.74, 6) is -0.0744. The van der Waals surface area contributed by atoms with Gasteiger partial charge in [0.05, 0.1) is 17.6 Å². The molecule has 1 aliphatic heterocycles. The van der Waals surface area contributed by atoms with Crippen molar-refractivity contribution in [3.63, 3.8) is 0 Å². The van der Waals surface area contributed by atoms with Crippen molar-refractivity contribution in [1.29, 1.82) is 0 Å². The number of amides is 1. The van der Waals surface area contributed by atoms with Gasteiger partial charge in [0.1, 0.15) is 17.4 Å². The third kappa shape index (κ3) is 5.06. The van der Waals surface area contributed by atoms with Crippen molar-refractivity contribution in [3.05, 3.63) is 22.4 Å². The fourth-order valence-electron chi connectivity index (χ4n) is 4.33. The molecule has 0 aromatic carbocycles. The van der Waals surface area contributed by atoms with Gasteiger partial charge in [-0.3, -0.25) is 9.78 Å². The zero-order valence-electron chi connectivity index (χ0n) is 18.2. The highest BCUT2D eigenvalue weighted by molar-refractivity contribution is 5.74. The Hall–Kier alpha value is -2.71. The molecule has 1 amide bonds. The van der Waals surface area contributed by atoms with Gasteiger partial charge >= 0.3 is 12.1 Å². The van der Waals surface area contributed by atoms with Gasteiger partial charge in [-0.1, -0.05) is 6.92 Å². The predicted octanol–water partition coefficient (Wildman–Crippen LogP) is 3.77. The standard InChI is InChI=1S/C21H30N4O5/c1-12-8-14(23-20(27)30-21(3,4)5)11-25(10-12)19-15-6-7-17(29-13(2)26)18(15)22-9-16(19)24-28/h9,12,14,17H,6-8,10-11H2,1-5H3,(H,23,27)/t12-,14+,17?/m1/s1. The molecule has 2 heterocycles. The van der Waals surface area contributed by atoms with Crippen LogP contribution in [0, 0.1) is 10.8 Å². The summed E-state index contributed by atoms with van der Waals surface area (Å²) < 4.78 is 10.8. The van der Waals surface area contributed by atoms with Crippen LogP contribution in [0.4, 0.5) is 16.2 Å². The minimum atomic E-state index is -0.573. The molecule has 3 rings (SSSR count). The molecule has 1 saturated heterocycles. The number of aromatic nitrogens is 1. The number of nitrogens with one attached hydrogen (secondary N) is 1. The Kier molecular flexibility index (Phi) is 6.28. The number of nitroso groups, excluding NO2 is 1. The highest BCUT2D eigenvalue weighted by Gasteiger charge is 2.35. The summed E-state index contributed by atoms with van der Waals surface area (Å²) in [5.41, 5.74) is 2.00. The predicted molar refractivity (Wildman–Crippen MR) is 112 cm³/mol. The monoisotopic (exact) mass is 418 g/mol. The van der Waals surface area contributed by atoms with Crippen LogP contribution >= 0.6 is 0 Å². The zero-order chi connectivity index (χ0) is 22.1. The minimum Gasteiger partial charge on any atom is -0.456 e. The molecular formula is C21H30N4O5. The molecule has 3 atom stereocenters. The number of carbonyl (C=O) groups is 2. The Morgan fingerprint density at radius 1 is 1.30 bits per heavy atom. The summed E-state index contributed by atoms with van der Waals surface area (Å²) in [6.45, 7) is 10.2. The maximum atomic E-state index is 12.3. The second-order valence-electron chi connectivity index (χ2n) is 9.17. The second kappa shape index (κ2) is 8.57. The normalized spacial score (nSPS) is 23.5. The molecule has 2 aliphatic rings. The first kappa shape index (κ1) is 22.0. The summed E-state index contributed by atoms with van der Waals surface area (Å²) >= 11 is 0. The molecule has 1 aromatic heterocycles. The van der Waals surface area contributed by atoms with E-state index in [2.05, 4.69) is 27.3 Å². The molecule has 0 bridgehead atoms. The highest BCUT2D eigenvalue weighted by Crippen LogP contribution is 2.43. The van der Waals surface area contributed by atoms with Gasteiger partial charge in [0, 0.05) is 31.6 Å². The number of fused-ring (bicyclic) bond motifs is 1. The van der Waals surface area contributed by atoms with Crippen molar-refractivity contribution in [2.24, 2.45) is 11.1 Å². The lowest BCUT2D eigenvalue weighted by Gasteiger charge is -2.39. The molecule has 9 heteroatoms. The van der Waals surface area contributed by atoms with Gasteiger partial charge in [-0.25, -0.2) is 4.79 Å². The van der Waals surface area contributed by atoms with Gasteiger partial charge < -0.3 is 19.7 Å². The summed E-state index contributed by atoms with van der Waals surface area (Å²) in [4.78, 5) is 41.7. The average molecular weight is 418 g/mol. The number of anilines is 1. The zero-order valence-corrected chi connectivity index (χ0v) is 18.2. The van der Waals surface area contributed by atoms with Crippen LogP contribution in [0.1, 0.15) is 64.8 Å². The Morgan fingerprint density at radius 2 is 2.03 bits per heavy atom. The fraction of sp³-hybridized carbons (Fsp3) is 0.667. The van der Waals surface area contributed by atoms with Crippen LogP contribution < -0.4 is 10.2 Å². The van der Waals surface area contributed by atoms with E-state index in [0.717, 1.165) is 24.2 Å². The van der Waals surface area contributed by atoms with Crippen LogP contribution in [0.5, 0.6) is 0 Å². The number of rotatable bonds is 4. The maximum Gasteiger partial charge on any atom is 0.407 e. The van der Waals surface area contributed by atoms with E-state index < -0.39 is 17.8 Å². The Morgan fingerprint density at radius 3 is 2.67 bits per heavy atom. The quantitative estimate of drug-likeness (QED) is 0.585. The molecule has 1 aliphatic carbocycles. The van der Waals surface area contributed by atoms with Gasteiger partial charge in [0.2, 0.25) is 0 Å². The van der Waals surface area contributed by atoms with Gasteiger partial charge in [0.15, 0.2) is 0 Å². The first-order valence-corrected chi connectivity index (χ1v) is 10.3. The van der Waals surface area contributed by atoms with Crippen LogP contribution in [0.15, 0.2) is 11.4 Å². The van der Waals surface area contributed by atoms with Crippen molar-refractivity contribution in [2.45, 2.75) is 71.6 Å². The summed E-state index contributed by atoms with van der Waals surface area (Å²) in [5, 5.41) is 6.14. The number of carbonyl (C=O) groups excluding carboxylic acids is 2. The van der Waals surface area contributed by atoms with E-state index in [0.29, 0.717) is 25.1 Å². The molecular weight excluding hydrogens is 388 g/mol. The molecule has 0 radical (unpaired) electrons. The average Bonchev–Trinajstić information content (AvgIpc) is 3.00. The summed E-state index contributed by atoms with van der Waals surface area (Å²) in [6.07, 6.45) is 2.66. The van der Waals surface area contributed by atoms with Crippen molar-refractivity contribution < 1.29 is 19.1 Å². The molecule has 30 heavy (non-hydrogen) atoms. The van der Waals surface area contributed by atoms with E-state index in [4.69, 9.17) is 9.47 Å². The molecule has 1 aromatic rings. The molecule has 164 valence electrons. The van der Waals surface area contributed by atoms with Crippen molar-refractivity contribution in [1.82, 2.24) is 10.3 Å². The lowest BCUT2D eigenvalue weighted by Crippen LogP contribution is -2.51. The number of alkyl carbamates (subject to hydrolysis) is 1. The Bertz CT molecular complexity index is 835. The first-order valence-electron chi connectivity index (χ1n) is 10.3. The van der Waals surface area contributed by atoms with Crippen LogP contribution in [0.2, 0.25) is 0 Å². The molecule has 9 nitrogen and oxygen atoms in total. The van der Waals surface area contributed by atoms with E-state index >= 15 is 0 Å². The van der Waals surface area contributed by atoms with Crippen LogP contribution in [-0.4, -0.2) is 41.8 Å². The Labute approximate surface area is 176 Å². The van der Waals surface area contributed by atoms with Crippen molar-refractivity contribution in [3.8, 4) is 0 Å². The van der Waals surface area contributed by atoms with Gasteiger partial charge in [-0.05, 0) is 51.1 Å². The summed E-state index contributed by atoms with van der Waals surface area (Å²) in [6, 6.07) is -0.127. The molecule has 1 unspecified atom stereocenters. The first-order chi connectivity index (χ1) is 14.1. The lowest BCUT2D eigenvalue weighted by atomic mass is 9.94. The van der Waals surface area contributed by atoms with Crippen molar-refractivity contribution in [2.75, 3.05) is 18.0 Å². The smallest absolute Gasteiger partial charge is 0.407 e. The van der Waals surface area contributed by atoms with E-state index in [-0.39, 0.29) is 23.6 Å².